The molecule has 0 amide bonds. The molecule has 3 rings (SSSR count). The van der Waals surface area contributed by atoms with Crippen LogP contribution in [0.4, 0.5) is 0 Å². The van der Waals surface area contributed by atoms with Gasteiger partial charge in [0.1, 0.15) is 0 Å². The summed E-state index contributed by atoms with van der Waals surface area (Å²) in [6.07, 6.45) is 4.05. The summed E-state index contributed by atoms with van der Waals surface area (Å²) >= 11 is 1.78. The summed E-state index contributed by atoms with van der Waals surface area (Å²) in [7, 11) is 0. The average Bonchev–Trinajstić information content (AvgIpc) is 2.83. The van der Waals surface area contributed by atoms with E-state index < -0.39 is 0 Å². The largest absolute Gasteiger partial charge is 0.299 e. The maximum absolute atomic E-state index is 4.49. The Bertz CT molecular complexity index is 649. The van der Waals surface area contributed by atoms with Gasteiger partial charge in [0.15, 0.2) is 5.82 Å². The summed E-state index contributed by atoms with van der Waals surface area (Å²) < 4.78 is 2.15. The molecule has 0 bridgehead atoms. The van der Waals surface area contributed by atoms with Crippen LogP contribution < -0.4 is 0 Å². The quantitative estimate of drug-likeness (QED) is 0.621. The molecular formula is C13H12N2S. The first-order chi connectivity index (χ1) is 7.74. The minimum absolute atomic E-state index is 1.04. The molecule has 0 spiro atoms. The number of rotatable bonds is 1. The van der Waals surface area contributed by atoms with Crippen LogP contribution in [0, 0.1) is 13.8 Å². The second kappa shape index (κ2) is 3.46. The Hall–Kier alpha value is -1.61. The molecule has 0 unspecified atom stereocenters. The van der Waals surface area contributed by atoms with E-state index in [9.17, 15) is 0 Å². The molecule has 3 aromatic rings. The zero-order chi connectivity index (χ0) is 11.1. The van der Waals surface area contributed by atoms with Crippen LogP contribution >= 0.6 is 11.3 Å². The zero-order valence-electron chi connectivity index (χ0n) is 9.27. The van der Waals surface area contributed by atoms with Crippen molar-refractivity contribution in [1.82, 2.24) is 9.38 Å². The Labute approximate surface area is 98.2 Å². The van der Waals surface area contributed by atoms with Gasteiger partial charge >= 0.3 is 0 Å². The van der Waals surface area contributed by atoms with E-state index in [0.29, 0.717) is 0 Å². The van der Waals surface area contributed by atoms with Gasteiger partial charge in [0.2, 0.25) is 0 Å². The van der Waals surface area contributed by atoms with E-state index in [1.165, 1.54) is 15.3 Å². The summed E-state index contributed by atoms with van der Waals surface area (Å²) in [4.78, 5) is 7.04. The number of hydrogen-bond acceptors (Lipinski definition) is 2. The van der Waals surface area contributed by atoms with E-state index in [1.54, 1.807) is 11.3 Å². The Morgan fingerprint density at radius 1 is 1.12 bits per heavy atom. The molecule has 0 aliphatic carbocycles. The van der Waals surface area contributed by atoms with Gasteiger partial charge in [0.25, 0.3) is 0 Å². The summed E-state index contributed by atoms with van der Waals surface area (Å²) in [5, 5.41) is 0. The molecule has 0 N–H and O–H groups in total. The summed E-state index contributed by atoms with van der Waals surface area (Å²) in [6, 6.07) is 8.49. The first-order valence-electron chi connectivity index (χ1n) is 5.24. The van der Waals surface area contributed by atoms with E-state index in [4.69, 9.17) is 0 Å². The van der Waals surface area contributed by atoms with E-state index in [0.717, 1.165) is 11.3 Å². The van der Waals surface area contributed by atoms with E-state index in [1.807, 2.05) is 6.20 Å². The SMILES string of the molecule is Cc1ccc2cnc(-c3ccc(C)s3)n2c1. The first-order valence-corrected chi connectivity index (χ1v) is 6.06. The van der Waals surface area contributed by atoms with E-state index in [2.05, 4.69) is 53.7 Å². The van der Waals surface area contributed by atoms with Gasteiger partial charge in [0, 0.05) is 11.1 Å². The third-order valence-electron chi connectivity index (χ3n) is 2.64. The van der Waals surface area contributed by atoms with Crippen molar-refractivity contribution in [3.8, 4) is 10.7 Å². The highest BCUT2D eigenvalue weighted by Gasteiger charge is 2.07. The third kappa shape index (κ3) is 1.44. The number of hydrogen-bond donors (Lipinski definition) is 0. The molecule has 0 atom stereocenters. The highest BCUT2D eigenvalue weighted by Crippen LogP contribution is 2.27. The van der Waals surface area contributed by atoms with Crippen molar-refractivity contribution in [2.45, 2.75) is 13.8 Å². The van der Waals surface area contributed by atoms with Gasteiger partial charge in [0.05, 0.1) is 16.6 Å². The molecule has 0 aromatic carbocycles. The molecule has 16 heavy (non-hydrogen) atoms. The number of pyridine rings is 1. The lowest BCUT2D eigenvalue weighted by Crippen LogP contribution is -1.88. The Morgan fingerprint density at radius 3 is 2.75 bits per heavy atom. The molecule has 0 aliphatic heterocycles. The Morgan fingerprint density at radius 2 is 2.00 bits per heavy atom. The Kier molecular flexibility index (Phi) is 2.07. The standard InChI is InChI=1S/C13H12N2S/c1-9-3-5-11-7-14-13(15(11)8-9)12-6-4-10(2)16-12/h3-8H,1-2H3. The number of aromatic nitrogens is 2. The molecule has 0 aliphatic rings. The summed E-state index contributed by atoms with van der Waals surface area (Å²) in [5.74, 6) is 1.04. The number of fused-ring (bicyclic) bond motifs is 1. The normalized spacial score (nSPS) is 11.1. The smallest absolute Gasteiger partial charge is 0.154 e. The lowest BCUT2D eigenvalue weighted by molar-refractivity contribution is 1.15. The van der Waals surface area contributed by atoms with Gasteiger partial charge < -0.3 is 0 Å². The number of aryl methyl sites for hydroxylation is 2. The zero-order valence-corrected chi connectivity index (χ0v) is 10.1. The lowest BCUT2D eigenvalue weighted by atomic mass is 10.3. The fourth-order valence-electron chi connectivity index (χ4n) is 1.83. The molecule has 3 heteroatoms. The number of thiophene rings is 1. The molecule has 3 heterocycles. The van der Waals surface area contributed by atoms with Gasteiger partial charge in [-0.2, -0.15) is 0 Å². The summed E-state index contributed by atoms with van der Waals surface area (Å²) in [5.41, 5.74) is 2.40. The van der Waals surface area contributed by atoms with Gasteiger partial charge in [-0.25, -0.2) is 4.98 Å². The van der Waals surface area contributed by atoms with Gasteiger partial charge in [-0.3, -0.25) is 4.40 Å². The van der Waals surface area contributed by atoms with Gasteiger partial charge in [-0.15, -0.1) is 11.3 Å². The van der Waals surface area contributed by atoms with Crippen LogP contribution in [0.25, 0.3) is 16.2 Å². The van der Waals surface area contributed by atoms with Crippen LogP contribution in [-0.4, -0.2) is 9.38 Å². The first kappa shape index (κ1) is 9.60. The van der Waals surface area contributed by atoms with E-state index >= 15 is 0 Å². The topological polar surface area (TPSA) is 17.3 Å². The highest BCUT2D eigenvalue weighted by atomic mass is 32.1. The fraction of sp³-hybridized carbons (Fsp3) is 0.154. The highest BCUT2D eigenvalue weighted by molar-refractivity contribution is 7.15. The van der Waals surface area contributed by atoms with E-state index in [-0.39, 0.29) is 0 Å². The van der Waals surface area contributed by atoms with Crippen molar-refractivity contribution in [3.63, 3.8) is 0 Å². The van der Waals surface area contributed by atoms with Crippen LogP contribution in [0.15, 0.2) is 36.7 Å². The second-order valence-corrected chi connectivity index (χ2v) is 5.28. The lowest BCUT2D eigenvalue weighted by Gasteiger charge is -1.99. The monoisotopic (exact) mass is 228 g/mol. The van der Waals surface area contributed by atoms with Crippen molar-refractivity contribution < 1.29 is 0 Å². The molecule has 0 fully saturated rings. The second-order valence-electron chi connectivity index (χ2n) is 3.99. The predicted molar refractivity (Wildman–Crippen MR) is 68.0 cm³/mol. The van der Waals surface area contributed by atoms with Crippen LogP contribution in [0.1, 0.15) is 10.4 Å². The van der Waals surface area contributed by atoms with Crippen LogP contribution in [0.3, 0.4) is 0 Å². The van der Waals surface area contributed by atoms with Gasteiger partial charge in [-0.1, -0.05) is 6.07 Å². The summed E-state index contributed by atoms with van der Waals surface area (Å²) in [6.45, 7) is 4.22. The number of nitrogens with zero attached hydrogens (tertiary/aromatic N) is 2. The van der Waals surface area contributed by atoms with Crippen molar-refractivity contribution in [1.29, 1.82) is 0 Å². The molecule has 2 nitrogen and oxygen atoms in total. The molecular weight excluding hydrogens is 216 g/mol. The maximum atomic E-state index is 4.49. The van der Waals surface area contributed by atoms with Crippen LogP contribution in [0.2, 0.25) is 0 Å². The maximum Gasteiger partial charge on any atom is 0.154 e. The number of imidazole rings is 1. The van der Waals surface area contributed by atoms with Crippen molar-refractivity contribution in [2.24, 2.45) is 0 Å². The molecule has 0 saturated carbocycles. The molecule has 3 aromatic heterocycles. The molecule has 0 radical (unpaired) electrons. The van der Waals surface area contributed by atoms with Crippen LogP contribution in [0.5, 0.6) is 0 Å². The fourth-order valence-corrected chi connectivity index (χ4v) is 2.69. The van der Waals surface area contributed by atoms with Crippen molar-refractivity contribution in [3.05, 3.63) is 47.1 Å². The molecule has 80 valence electrons. The van der Waals surface area contributed by atoms with Gasteiger partial charge in [-0.05, 0) is 37.6 Å². The van der Waals surface area contributed by atoms with Crippen molar-refractivity contribution >= 4 is 16.9 Å². The van der Waals surface area contributed by atoms with Crippen LogP contribution in [-0.2, 0) is 0 Å². The van der Waals surface area contributed by atoms with Crippen molar-refractivity contribution in [2.75, 3.05) is 0 Å². The Balaban J connectivity index is 2.27. The minimum atomic E-state index is 1.04. The third-order valence-corrected chi connectivity index (χ3v) is 3.63. The average molecular weight is 228 g/mol. The predicted octanol–water partition coefficient (Wildman–Crippen LogP) is 3.68. The molecule has 0 saturated heterocycles. The minimum Gasteiger partial charge on any atom is -0.299 e.